The third kappa shape index (κ3) is 3.40. The molecular weight excluding hydrogens is 293 g/mol. The van der Waals surface area contributed by atoms with Gasteiger partial charge in [0.15, 0.2) is 12.4 Å². The Labute approximate surface area is 125 Å². The first-order chi connectivity index (χ1) is 10.4. The summed E-state index contributed by atoms with van der Waals surface area (Å²) in [6.07, 6.45) is 1.19. The number of halogens is 1. The van der Waals surface area contributed by atoms with E-state index in [0.717, 1.165) is 0 Å². The maximum Gasteiger partial charge on any atom is 0.363 e. The van der Waals surface area contributed by atoms with Crippen LogP contribution in [0.25, 0.3) is 5.69 Å². The van der Waals surface area contributed by atoms with Crippen molar-refractivity contribution in [3.63, 3.8) is 0 Å². The molecule has 1 aromatic heterocycles. The largest absolute Gasteiger partial charge is 0.504 e. The molecule has 0 spiro atoms. The highest BCUT2D eigenvalue weighted by molar-refractivity contribution is 5.91. The van der Waals surface area contributed by atoms with Gasteiger partial charge >= 0.3 is 5.97 Å². The lowest BCUT2D eigenvalue weighted by molar-refractivity contribution is -0.131. The van der Waals surface area contributed by atoms with Crippen LogP contribution in [0.1, 0.15) is 10.5 Å². The number of aromatic nitrogens is 2. The van der Waals surface area contributed by atoms with Gasteiger partial charge in [-0.15, -0.1) is 0 Å². The summed E-state index contributed by atoms with van der Waals surface area (Å²) in [5.41, 5.74) is 0.135. The first-order valence-corrected chi connectivity index (χ1v) is 6.30. The van der Waals surface area contributed by atoms with Crippen LogP contribution in [-0.4, -0.2) is 52.4 Å². The normalized spacial score (nSPS) is 10.3. The highest BCUT2D eigenvalue weighted by Crippen LogP contribution is 2.19. The molecule has 8 heteroatoms. The number of rotatable bonds is 4. The second-order valence-electron chi connectivity index (χ2n) is 4.65. The number of ether oxygens (including phenoxy) is 1. The van der Waals surface area contributed by atoms with Gasteiger partial charge in [0.25, 0.3) is 5.91 Å². The van der Waals surface area contributed by atoms with Crippen LogP contribution in [0.15, 0.2) is 30.5 Å². The van der Waals surface area contributed by atoms with E-state index in [2.05, 4.69) is 5.10 Å². The van der Waals surface area contributed by atoms with E-state index in [1.54, 1.807) is 0 Å². The van der Waals surface area contributed by atoms with Gasteiger partial charge in [-0.25, -0.2) is 13.9 Å². The monoisotopic (exact) mass is 307 g/mol. The standard InChI is InChI=1S/C14H14FN3O4/c1-17(2)12(20)8-22-14(21)13-11(19)7-18(16-13)10-5-3-9(15)4-6-10/h3-7,19H,8H2,1-2H3. The fourth-order valence-corrected chi connectivity index (χ4v) is 1.56. The molecule has 0 radical (unpaired) electrons. The van der Waals surface area contributed by atoms with E-state index in [1.807, 2.05) is 0 Å². The van der Waals surface area contributed by atoms with E-state index in [1.165, 1.54) is 54.1 Å². The van der Waals surface area contributed by atoms with Gasteiger partial charge in [0.1, 0.15) is 5.82 Å². The lowest BCUT2D eigenvalue weighted by atomic mass is 10.3. The molecular formula is C14H14FN3O4. The van der Waals surface area contributed by atoms with Gasteiger partial charge in [0, 0.05) is 14.1 Å². The van der Waals surface area contributed by atoms with Crippen molar-refractivity contribution in [2.75, 3.05) is 20.7 Å². The van der Waals surface area contributed by atoms with Gasteiger partial charge in [-0.05, 0) is 24.3 Å². The topological polar surface area (TPSA) is 84.7 Å². The third-order valence-corrected chi connectivity index (χ3v) is 2.80. The first kappa shape index (κ1) is 15.5. The zero-order chi connectivity index (χ0) is 16.3. The molecule has 0 saturated heterocycles. The van der Waals surface area contributed by atoms with E-state index in [0.29, 0.717) is 5.69 Å². The second kappa shape index (κ2) is 6.25. The Kier molecular flexibility index (Phi) is 4.40. The van der Waals surface area contributed by atoms with Gasteiger partial charge < -0.3 is 14.7 Å². The molecule has 1 aromatic carbocycles. The van der Waals surface area contributed by atoms with Crippen molar-refractivity contribution < 1.29 is 23.8 Å². The minimum absolute atomic E-state index is 0.323. The predicted octanol–water partition coefficient (Wildman–Crippen LogP) is 0.962. The number of benzene rings is 1. The van der Waals surface area contributed by atoms with E-state index in [9.17, 15) is 19.1 Å². The Bertz CT molecular complexity index is 695. The Morgan fingerprint density at radius 3 is 2.55 bits per heavy atom. The molecule has 1 heterocycles. The van der Waals surface area contributed by atoms with Gasteiger partial charge in [0.2, 0.25) is 5.69 Å². The maximum atomic E-state index is 12.9. The zero-order valence-corrected chi connectivity index (χ0v) is 12.0. The Balaban J connectivity index is 2.14. The molecule has 7 nitrogen and oxygen atoms in total. The Hall–Kier alpha value is -2.90. The van der Waals surface area contributed by atoms with Crippen molar-refractivity contribution in [3.8, 4) is 11.4 Å². The summed E-state index contributed by atoms with van der Waals surface area (Å²) in [5, 5.41) is 13.6. The number of hydrogen-bond acceptors (Lipinski definition) is 5. The summed E-state index contributed by atoms with van der Waals surface area (Å²) in [5.74, 6) is -2.13. The van der Waals surface area contributed by atoms with Crippen molar-refractivity contribution in [1.29, 1.82) is 0 Å². The number of carbonyl (C=O) groups is 2. The number of esters is 1. The number of hydrogen-bond donors (Lipinski definition) is 1. The molecule has 2 aromatic rings. The maximum absolute atomic E-state index is 12.9. The minimum atomic E-state index is -0.923. The lowest BCUT2D eigenvalue weighted by Gasteiger charge is -2.09. The molecule has 0 atom stereocenters. The zero-order valence-electron chi connectivity index (χ0n) is 12.0. The van der Waals surface area contributed by atoms with Crippen molar-refractivity contribution in [1.82, 2.24) is 14.7 Å². The van der Waals surface area contributed by atoms with E-state index < -0.39 is 30.1 Å². The average Bonchev–Trinajstić information content (AvgIpc) is 2.87. The van der Waals surface area contributed by atoms with Crippen molar-refractivity contribution >= 4 is 11.9 Å². The molecule has 1 amide bonds. The molecule has 0 bridgehead atoms. The van der Waals surface area contributed by atoms with Crippen LogP contribution < -0.4 is 0 Å². The van der Waals surface area contributed by atoms with Crippen molar-refractivity contribution in [2.24, 2.45) is 0 Å². The first-order valence-electron chi connectivity index (χ1n) is 6.30. The quantitative estimate of drug-likeness (QED) is 0.851. The van der Waals surface area contributed by atoms with Crippen LogP contribution in [0.2, 0.25) is 0 Å². The summed E-state index contributed by atoms with van der Waals surface area (Å²) in [6, 6.07) is 5.32. The fraction of sp³-hybridized carbons (Fsp3) is 0.214. The molecule has 116 valence electrons. The number of carbonyl (C=O) groups excluding carboxylic acids is 2. The minimum Gasteiger partial charge on any atom is -0.504 e. The van der Waals surface area contributed by atoms with E-state index in [4.69, 9.17) is 4.74 Å². The fourth-order valence-electron chi connectivity index (χ4n) is 1.56. The Morgan fingerprint density at radius 2 is 1.95 bits per heavy atom. The Morgan fingerprint density at radius 1 is 1.32 bits per heavy atom. The molecule has 0 fully saturated rings. The third-order valence-electron chi connectivity index (χ3n) is 2.80. The van der Waals surface area contributed by atoms with E-state index >= 15 is 0 Å². The number of nitrogens with zero attached hydrogens (tertiary/aromatic N) is 3. The summed E-state index contributed by atoms with van der Waals surface area (Å²) < 4.78 is 18.8. The highest BCUT2D eigenvalue weighted by Gasteiger charge is 2.20. The molecule has 2 rings (SSSR count). The number of likely N-dealkylation sites (N-methyl/N-ethyl adjacent to an activating group) is 1. The van der Waals surface area contributed by atoms with Crippen LogP contribution in [-0.2, 0) is 9.53 Å². The molecule has 0 aliphatic carbocycles. The molecule has 22 heavy (non-hydrogen) atoms. The second-order valence-corrected chi connectivity index (χ2v) is 4.65. The highest BCUT2D eigenvalue weighted by atomic mass is 19.1. The average molecular weight is 307 g/mol. The number of aromatic hydroxyl groups is 1. The lowest BCUT2D eigenvalue weighted by Crippen LogP contribution is -2.27. The van der Waals surface area contributed by atoms with Gasteiger partial charge in [0.05, 0.1) is 11.9 Å². The SMILES string of the molecule is CN(C)C(=O)COC(=O)c1nn(-c2ccc(F)cc2)cc1O. The molecule has 0 aliphatic rings. The van der Waals surface area contributed by atoms with Crippen molar-refractivity contribution in [2.45, 2.75) is 0 Å². The molecule has 0 unspecified atom stereocenters. The predicted molar refractivity (Wildman–Crippen MR) is 74.2 cm³/mol. The van der Waals surface area contributed by atoms with Crippen molar-refractivity contribution in [3.05, 3.63) is 42.0 Å². The number of amides is 1. The van der Waals surface area contributed by atoms with E-state index in [-0.39, 0.29) is 5.69 Å². The van der Waals surface area contributed by atoms with Gasteiger partial charge in [-0.2, -0.15) is 5.10 Å². The molecule has 1 N–H and O–H groups in total. The van der Waals surface area contributed by atoms with Gasteiger partial charge in [-0.3, -0.25) is 4.79 Å². The molecule has 0 aliphatic heterocycles. The summed E-state index contributed by atoms with van der Waals surface area (Å²) in [4.78, 5) is 24.4. The molecule has 0 saturated carbocycles. The van der Waals surface area contributed by atoms with Crippen LogP contribution in [0, 0.1) is 5.82 Å². The smallest absolute Gasteiger partial charge is 0.363 e. The summed E-state index contributed by atoms with van der Waals surface area (Å²) >= 11 is 0. The van der Waals surface area contributed by atoms with Crippen LogP contribution >= 0.6 is 0 Å². The van der Waals surface area contributed by atoms with Crippen LogP contribution in [0.4, 0.5) is 4.39 Å². The van der Waals surface area contributed by atoms with Crippen LogP contribution in [0.3, 0.4) is 0 Å². The van der Waals surface area contributed by atoms with Gasteiger partial charge in [-0.1, -0.05) is 0 Å². The van der Waals surface area contributed by atoms with Crippen LogP contribution in [0.5, 0.6) is 5.75 Å². The summed E-state index contributed by atoms with van der Waals surface area (Å²) in [7, 11) is 3.05. The summed E-state index contributed by atoms with van der Waals surface area (Å²) in [6.45, 7) is -0.450.